The van der Waals surface area contributed by atoms with E-state index in [0.29, 0.717) is 12.8 Å². The highest BCUT2D eigenvalue weighted by molar-refractivity contribution is 8.00. The van der Waals surface area contributed by atoms with Crippen molar-refractivity contribution in [3.63, 3.8) is 0 Å². The zero-order valence-corrected chi connectivity index (χ0v) is 23.3. The molecule has 226 valence electrons. The Morgan fingerprint density at radius 1 is 0.976 bits per heavy atom. The maximum atomic E-state index is 14.0. The Kier molecular flexibility index (Phi) is 11.6. The zero-order valence-electron chi connectivity index (χ0n) is 21.7. The van der Waals surface area contributed by atoms with E-state index in [1.54, 1.807) is 18.0 Å². The summed E-state index contributed by atoms with van der Waals surface area (Å²) in [6.45, 7) is -0.673. The lowest BCUT2D eigenvalue weighted by Gasteiger charge is -2.19. The van der Waals surface area contributed by atoms with Crippen molar-refractivity contribution in [3.05, 3.63) is 34.6 Å². The molecule has 0 saturated carbocycles. The number of carbonyl (C=O) groups excluding carboxylic acids is 5. The lowest BCUT2D eigenvalue weighted by Crippen LogP contribution is -2.50. The van der Waals surface area contributed by atoms with E-state index in [1.807, 2.05) is 5.32 Å². The molecule has 0 aliphatic carbocycles. The van der Waals surface area contributed by atoms with E-state index in [0.717, 1.165) is 12.2 Å². The van der Waals surface area contributed by atoms with E-state index in [1.165, 1.54) is 11.8 Å². The first kappa shape index (κ1) is 32.4. The molecule has 0 radical (unpaired) electrons. The fourth-order valence-corrected chi connectivity index (χ4v) is 6.38. The number of carbonyl (C=O) groups is 5. The molecule has 3 rings (SSSR count). The molecule has 41 heavy (non-hydrogen) atoms. The Labute approximate surface area is 240 Å². The zero-order chi connectivity index (χ0) is 30.3. The monoisotopic (exact) mass is 625 g/mol. The Morgan fingerprint density at radius 2 is 1.63 bits per heavy atom. The lowest BCUT2D eigenvalue weighted by molar-refractivity contribution is -0.132. The molecule has 6 amide bonds. The Bertz CT molecular complexity index is 1180. The van der Waals surface area contributed by atoms with Gasteiger partial charge in [-0.2, -0.15) is 23.5 Å². The number of unbranched alkanes of at least 4 members (excludes halogenated alkanes) is 1. The van der Waals surface area contributed by atoms with E-state index in [9.17, 15) is 45.9 Å². The number of rotatable bonds is 13. The third-order valence-corrected chi connectivity index (χ3v) is 8.60. The number of hydrogen-bond donors (Lipinski definition) is 5. The van der Waals surface area contributed by atoms with Crippen LogP contribution in [0.5, 0.6) is 0 Å². The third-order valence-electron chi connectivity index (χ3n) is 6.45. The van der Waals surface area contributed by atoms with Gasteiger partial charge in [-0.1, -0.05) is 6.42 Å². The Morgan fingerprint density at radius 3 is 2.29 bits per heavy atom. The Balaban J connectivity index is 1.44. The van der Waals surface area contributed by atoms with Crippen LogP contribution < -0.4 is 26.6 Å². The number of thioether (sulfide) groups is 2. The largest absolute Gasteiger partial charge is 0.345 e. The van der Waals surface area contributed by atoms with Crippen LogP contribution >= 0.6 is 23.5 Å². The molecule has 2 saturated heterocycles. The fourth-order valence-electron chi connectivity index (χ4n) is 4.37. The van der Waals surface area contributed by atoms with Gasteiger partial charge in [0.05, 0.1) is 18.6 Å². The van der Waals surface area contributed by atoms with Crippen LogP contribution in [-0.4, -0.2) is 77.3 Å². The van der Waals surface area contributed by atoms with Gasteiger partial charge in [0.15, 0.2) is 23.3 Å². The van der Waals surface area contributed by atoms with Gasteiger partial charge in [0.25, 0.3) is 5.91 Å². The predicted octanol–water partition coefficient (Wildman–Crippen LogP) is 1.72. The molecule has 4 atom stereocenters. The standard InChI is InChI=1S/C24H28F5N5O5S2/c1-40-7-6-10(31-23(38)15-16(25)18(27)20(29)19(28)17(15)26)22(37)30-8-14(36)33-13(35)5-3-2-4-12-21-11(9-41-12)32-24(39)34-21/h10-12,21H,2-9H2,1H3,(H,30,37)(H,31,38)(H2,32,34,39)(H,33,35,36)/t10-,11-,12-,21-/m0/s1. The normalized spacial score (nSPS) is 20.0. The van der Waals surface area contributed by atoms with Gasteiger partial charge in [-0.05, 0) is 31.3 Å². The molecular formula is C24H28F5N5O5S2. The van der Waals surface area contributed by atoms with Crippen molar-refractivity contribution in [1.82, 2.24) is 26.6 Å². The molecule has 1 aromatic rings. The summed E-state index contributed by atoms with van der Waals surface area (Å²) in [6.07, 6.45) is 3.56. The van der Waals surface area contributed by atoms with Crippen molar-refractivity contribution in [2.45, 2.75) is 55.5 Å². The molecule has 1 aromatic carbocycles. The molecule has 5 N–H and O–H groups in total. The summed E-state index contributed by atoms with van der Waals surface area (Å²) in [5.41, 5.74) is -1.75. The maximum absolute atomic E-state index is 14.0. The van der Waals surface area contributed by atoms with Gasteiger partial charge in [-0.3, -0.25) is 24.5 Å². The number of imide groups is 1. The molecule has 2 aliphatic rings. The fraction of sp³-hybridized carbons (Fsp3) is 0.542. The number of fused-ring (bicyclic) bond motifs is 1. The summed E-state index contributed by atoms with van der Waals surface area (Å²) >= 11 is 2.98. The van der Waals surface area contributed by atoms with Crippen molar-refractivity contribution in [2.75, 3.05) is 24.3 Å². The van der Waals surface area contributed by atoms with Crippen molar-refractivity contribution < 1.29 is 45.9 Å². The molecule has 2 fully saturated rings. The van der Waals surface area contributed by atoms with Crippen molar-refractivity contribution in [1.29, 1.82) is 0 Å². The van der Waals surface area contributed by atoms with Crippen LogP contribution in [0.25, 0.3) is 0 Å². The summed E-state index contributed by atoms with van der Waals surface area (Å²) in [4.78, 5) is 60.6. The second kappa shape index (κ2) is 14.7. The van der Waals surface area contributed by atoms with Crippen LogP contribution in [-0.2, 0) is 14.4 Å². The van der Waals surface area contributed by atoms with E-state index >= 15 is 0 Å². The first-order valence-electron chi connectivity index (χ1n) is 12.5. The maximum Gasteiger partial charge on any atom is 0.315 e. The smallest absolute Gasteiger partial charge is 0.315 e. The minimum absolute atomic E-state index is 0.0457. The highest BCUT2D eigenvalue weighted by Gasteiger charge is 2.42. The summed E-state index contributed by atoms with van der Waals surface area (Å²) in [6, 6.07) is -1.53. The molecular weight excluding hydrogens is 597 g/mol. The van der Waals surface area contributed by atoms with Gasteiger partial charge in [-0.25, -0.2) is 26.7 Å². The number of hydrogen-bond acceptors (Lipinski definition) is 7. The van der Waals surface area contributed by atoms with E-state index in [4.69, 9.17) is 0 Å². The van der Waals surface area contributed by atoms with Crippen LogP contribution in [0, 0.1) is 29.1 Å². The lowest BCUT2D eigenvalue weighted by atomic mass is 10.0. The van der Waals surface area contributed by atoms with E-state index in [2.05, 4.69) is 21.3 Å². The van der Waals surface area contributed by atoms with E-state index in [-0.39, 0.29) is 42.0 Å². The molecule has 0 aromatic heterocycles. The van der Waals surface area contributed by atoms with Crippen LogP contribution in [0.4, 0.5) is 26.7 Å². The minimum Gasteiger partial charge on any atom is -0.345 e. The summed E-state index contributed by atoms with van der Waals surface area (Å²) in [5, 5.41) is 12.2. The second-order valence-corrected chi connectivity index (χ2v) is 11.6. The first-order valence-corrected chi connectivity index (χ1v) is 15.0. The van der Waals surface area contributed by atoms with Crippen molar-refractivity contribution in [3.8, 4) is 0 Å². The highest BCUT2D eigenvalue weighted by Crippen LogP contribution is 2.33. The van der Waals surface area contributed by atoms with Gasteiger partial charge in [-0.15, -0.1) is 0 Å². The van der Waals surface area contributed by atoms with Crippen LogP contribution in [0.2, 0.25) is 0 Å². The third kappa shape index (κ3) is 8.24. The van der Waals surface area contributed by atoms with Gasteiger partial charge in [0.1, 0.15) is 11.6 Å². The number of nitrogens with one attached hydrogen (secondary N) is 5. The first-order chi connectivity index (χ1) is 19.4. The van der Waals surface area contributed by atoms with Gasteiger partial charge < -0.3 is 21.3 Å². The highest BCUT2D eigenvalue weighted by atomic mass is 32.2. The second-order valence-electron chi connectivity index (χ2n) is 9.31. The van der Waals surface area contributed by atoms with Crippen molar-refractivity contribution in [2.24, 2.45) is 0 Å². The topological polar surface area (TPSA) is 146 Å². The number of amides is 6. The summed E-state index contributed by atoms with van der Waals surface area (Å²) < 4.78 is 68.3. The van der Waals surface area contributed by atoms with Gasteiger partial charge in [0, 0.05) is 17.4 Å². The van der Waals surface area contributed by atoms with Gasteiger partial charge >= 0.3 is 6.03 Å². The molecule has 0 bridgehead atoms. The van der Waals surface area contributed by atoms with Crippen LogP contribution in [0.3, 0.4) is 0 Å². The molecule has 10 nitrogen and oxygen atoms in total. The minimum atomic E-state index is -2.43. The van der Waals surface area contributed by atoms with Gasteiger partial charge in [0.2, 0.25) is 23.5 Å². The predicted molar refractivity (Wildman–Crippen MR) is 141 cm³/mol. The quantitative estimate of drug-likeness (QED) is 0.0738. The van der Waals surface area contributed by atoms with Crippen LogP contribution in [0.1, 0.15) is 42.5 Å². The van der Waals surface area contributed by atoms with Crippen LogP contribution in [0.15, 0.2) is 0 Å². The average molecular weight is 626 g/mol. The molecule has 2 heterocycles. The van der Waals surface area contributed by atoms with Crippen molar-refractivity contribution >= 4 is 53.2 Å². The Hall–Kier alpha value is -3.08. The number of halogens is 5. The summed E-state index contributed by atoms with van der Waals surface area (Å²) in [7, 11) is 0. The summed E-state index contributed by atoms with van der Waals surface area (Å²) in [5.74, 6) is -14.8. The number of urea groups is 1. The van der Waals surface area contributed by atoms with E-state index < -0.39 is 70.9 Å². The molecule has 17 heteroatoms. The molecule has 0 spiro atoms. The number of benzene rings is 1. The molecule has 0 unspecified atom stereocenters. The SMILES string of the molecule is CSCC[C@H](NC(=O)c1c(F)c(F)c(F)c(F)c1F)C(=O)NCC(=O)NC(=O)CCCC[C@@H]1SC[C@@H]2NC(=O)N[C@@H]21. The average Bonchev–Trinajstić information content (AvgIpc) is 3.48. The molecule has 2 aliphatic heterocycles.